The van der Waals surface area contributed by atoms with Crippen molar-refractivity contribution in [3.8, 4) is 0 Å². The zero-order chi connectivity index (χ0) is 14.4. The molecule has 0 saturated heterocycles. The molecule has 0 radical (unpaired) electrons. The van der Waals surface area contributed by atoms with Gasteiger partial charge in [-0.2, -0.15) is 0 Å². The van der Waals surface area contributed by atoms with Gasteiger partial charge in [0.2, 0.25) is 5.91 Å². The van der Waals surface area contributed by atoms with Crippen molar-refractivity contribution in [2.75, 3.05) is 5.32 Å². The lowest BCUT2D eigenvalue weighted by Crippen LogP contribution is -2.22. The lowest BCUT2D eigenvalue weighted by Gasteiger charge is -2.26. The van der Waals surface area contributed by atoms with Gasteiger partial charge in [-0.1, -0.05) is 25.1 Å². The first-order valence-electron chi connectivity index (χ1n) is 7.52. The van der Waals surface area contributed by atoms with E-state index in [0.29, 0.717) is 30.5 Å². The molecule has 0 aromatic heterocycles. The fraction of sp³-hybridized carbons (Fsp3) is 0.529. The average molecular weight is 273 g/mol. The molecular formula is C17H23NO2. The molecule has 0 bridgehead atoms. The molecular weight excluding hydrogens is 250 g/mol. The summed E-state index contributed by atoms with van der Waals surface area (Å²) in [7, 11) is 0. The molecule has 3 heteroatoms. The summed E-state index contributed by atoms with van der Waals surface area (Å²) in [4.78, 5) is 23.4. The Morgan fingerprint density at radius 2 is 2.10 bits per heavy atom. The van der Waals surface area contributed by atoms with E-state index < -0.39 is 0 Å². The van der Waals surface area contributed by atoms with Gasteiger partial charge in [-0.25, -0.2) is 0 Å². The van der Waals surface area contributed by atoms with E-state index in [1.54, 1.807) is 0 Å². The normalized spacial score (nSPS) is 20.4. The third-order valence-electron chi connectivity index (χ3n) is 4.21. The Balaban J connectivity index is 1.74. The molecule has 1 aromatic carbocycles. The maximum Gasteiger partial charge on any atom is 0.224 e. The highest BCUT2D eigenvalue weighted by Crippen LogP contribution is 2.30. The minimum atomic E-state index is 0.0604. The van der Waals surface area contributed by atoms with Crippen molar-refractivity contribution < 1.29 is 9.59 Å². The number of carbonyl (C=O) groups excluding carboxylic acids is 2. The third-order valence-corrected chi connectivity index (χ3v) is 4.21. The molecule has 20 heavy (non-hydrogen) atoms. The van der Waals surface area contributed by atoms with Gasteiger partial charge < -0.3 is 5.32 Å². The largest absolute Gasteiger partial charge is 0.326 e. The van der Waals surface area contributed by atoms with Gasteiger partial charge in [-0.15, -0.1) is 0 Å². The second-order valence-corrected chi connectivity index (χ2v) is 5.83. The Hall–Kier alpha value is -1.64. The molecule has 1 N–H and O–H groups in total. The summed E-state index contributed by atoms with van der Waals surface area (Å²) in [6.07, 6.45) is 4.99. The van der Waals surface area contributed by atoms with Crippen molar-refractivity contribution in [1.29, 1.82) is 0 Å². The van der Waals surface area contributed by atoms with E-state index in [1.165, 1.54) is 0 Å². The number of amides is 1. The lowest BCUT2D eigenvalue weighted by atomic mass is 9.78. The lowest BCUT2D eigenvalue weighted by molar-refractivity contribution is -0.122. The van der Waals surface area contributed by atoms with Crippen LogP contribution in [0.2, 0.25) is 0 Å². The second kappa shape index (κ2) is 7.22. The van der Waals surface area contributed by atoms with Crippen LogP contribution in [0.15, 0.2) is 30.3 Å². The summed E-state index contributed by atoms with van der Waals surface area (Å²) in [5.41, 5.74) is 0.845. The van der Waals surface area contributed by atoms with Crippen molar-refractivity contribution >= 4 is 17.4 Å². The molecule has 1 aromatic rings. The quantitative estimate of drug-likeness (QED) is 0.887. The van der Waals surface area contributed by atoms with Crippen LogP contribution in [-0.4, -0.2) is 11.7 Å². The van der Waals surface area contributed by atoms with Crippen LogP contribution in [0.5, 0.6) is 0 Å². The zero-order valence-corrected chi connectivity index (χ0v) is 12.1. The molecule has 3 nitrogen and oxygen atoms in total. The summed E-state index contributed by atoms with van der Waals surface area (Å²) in [5, 5.41) is 2.90. The van der Waals surface area contributed by atoms with Crippen molar-refractivity contribution in [2.45, 2.75) is 45.4 Å². The van der Waals surface area contributed by atoms with Crippen LogP contribution in [0, 0.1) is 11.8 Å². The predicted octanol–water partition coefficient (Wildman–Crippen LogP) is 3.80. The van der Waals surface area contributed by atoms with Gasteiger partial charge >= 0.3 is 0 Å². The Labute approximate surface area is 120 Å². The number of para-hydroxylation sites is 1. The first kappa shape index (κ1) is 14.8. The van der Waals surface area contributed by atoms with Gasteiger partial charge in [0.1, 0.15) is 5.78 Å². The standard InChI is InChI=1S/C17H23NO2/c1-13(14-6-5-9-16(19)12-14)10-11-17(20)18-15-7-3-2-4-8-15/h2-4,7-8,13-14H,5-6,9-12H2,1H3,(H,18,20). The zero-order valence-electron chi connectivity index (χ0n) is 12.1. The van der Waals surface area contributed by atoms with Crippen LogP contribution in [0.1, 0.15) is 45.4 Å². The molecule has 0 aliphatic heterocycles. The number of carbonyl (C=O) groups is 2. The number of rotatable bonds is 5. The van der Waals surface area contributed by atoms with Crippen molar-refractivity contribution in [2.24, 2.45) is 11.8 Å². The monoisotopic (exact) mass is 273 g/mol. The molecule has 2 unspecified atom stereocenters. The Morgan fingerprint density at radius 1 is 1.35 bits per heavy atom. The summed E-state index contributed by atoms with van der Waals surface area (Å²) >= 11 is 0. The van der Waals surface area contributed by atoms with Crippen LogP contribution in [0.25, 0.3) is 0 Å². The molecule has 1 amide bonds. The number of benzene rings is 1. The minimum Gasteiger partial charge on any atom is -0.326 e. The number of ketones is 1. The highest BCUT2D eigenvalue weighted by molar-refractivity contribution is 5.90. The second-order valence-electron chi connectivity index (χ2n) is 5.83. The van der Waals surface area contributed by atoms with Gasteiger partial charge in [0.15, 0.2) is 0 Å². The Kier molecular flexibility index (Phi) is 5.33. The summed E-state index contributed by atoms with van der Waals surface area (Å²) in [6.45, 7) is 2.17. The predicted molar refractivity (Wildman–Crippen MR) is 80.4 cm³/mol. The first-order chi connectivity index (χ1) is 9.65. The van der Waals surface area contributed by atoms with E-state index in [9.17, 15) is 9.59 Å². The average Bonchev–Trinajstić information content (AvgIpc) is 2.46. The van der Waals surface area contributed by atoms with Crippen LogP contribution in [-0.2, 0) is 9.59 Å². The molecule has 2 atom stereocenters. The van der Waals surface area contributed by atoms with Crippen LogP contribution in [0.4, 0.5) is 5.69 Å². The Morgan fingerprint density at radius 3 is 2.80 bits per heavy atom. The number of nitrogens with one attached hydrogen (secondary N) is 1. The summed E-state index contributed by atoms with van der Waals surface area (Å²) < 4.78 is 0. The molecule has 2 rings (SSSR count). The van der Waals surface area contributed by atoms with Gasteiger partial charge in [0.05, 0.1) is 0 Å². The maximum atomic E-state index is 11.9. The number of hydrogen-bond donors (Lipinski definition) is 1. The van der Waals surface area contributed by atoms with Gasteiger partial charge in [-0.3, -0.25) is 9.59 Å². The van der Waals surface area contributed by atoms with Crippen LogP contribution in [0.3, 0.4) is 0 Å². The number of Topliss-reactive ketones (excluding diaryl/α,β-unsaturated/α-hetero) is 1. The van der Waals surface area contributed by atoms with E-state index in [4.69, 9.17) is 0 Å². The Bertz CT molecular complexity index is 455. The van der Waals surface area contributed by atoms with E-state index >= 15 is 0 Å². The molecule has 1 saturated carbocycles. The molecule has 0 spiro atoms. The van der Waals surface area contributed by atoms with Crippen LogP contribution >= 0.6 is 0 Å². The van der Waals surface area contributed by atoms with Gasteiger partial charge in [0, 0.05) is 24.9 Å². The third kappa shape index (κ3) is 4.48. The van der Waals surface area contributed by atoms with E-state index in [0.717, 1.165) is 31.4 Å². The molecule has 0 heterocycles. The van der Waals surface area contributed by atoms with E-state index in [-0.39, 0.29) is 5.91 Å². The summed E-state index contributed by atoms with van der Waals surface area (Å²) in [5.74, 6) is 1.37. The van der Waals surface area contributed by atoms with Gasteiger partial charge in [-0.05, 0) is 43.2 Å². The van der Waals surface area contributed by atoms with Crippen molar-refractivity contribution in [3.63, 3.8) is 0 Å². The van der Waals surface area contributed by atoms with Gasteiger partial charge in [0.25, 0.3) is 0 Å². The first-order valence-corrected chi connectivity index (χ1v) is 7.52. The van der Waals surface area contributed by atoms with Crippen molar-refractivity contribution in [3.05, 3.63) is 30.3 Å². The fourth-order valence-corrected chi connectivity index (χ4v) is 2.88. The molecule has 1 aliphatic carbocycles. The molecule has 1 fully saturated rings. The van der Waals surface area contributed by atoms with Crippen LogP contribution < -0.4 is 5.32 Å². The summed E-state index contributed by atoms with van der Waals surface area (Å²) in [6, 6.07) is 9.53. The highest BCUT2D eigenvalue weighted by atomic mass is 16.1. The number of hydrogen-bond acceptors (Lipinski definition) is 2. The molecule has 1 aliphatic rings. The topological polar surface area (TPSA) is 46.2 Å². The number of anilines is 1. The SMILES string of the molecule is CC(CCC(=O)Nc1ccccc1)C1CCCC(=O)C1. The maximum absolute atomic E-state index is 11.9. The van der Waals surface area contributed by atoms with E-state index in [1.807, 2.05) is 30.3 Å². The van der Waals surface area contributed by atoms with Crippen molar-refractivity contribution in [1.82, 2.24) is 0 Å². The molecule has 108 valence electrons. The van der Waals surface area contributed by atoms with E-state index in [2.05, 4.69) is 12.2 Å². The fourth-order valence-electron chi connectivity index (χ4n) is 2.88. The minimum absolute atomic E-state index is 0.0604. The smallest absolute Gasteiger partial charge is 0.224 e. The highest BCUT2D eigenvalue weighted by Gasteiger charge is 2.24.